The second kappa shape index (κ2) is 5.29. The van der Waals surface area contributed by atoms with Gasteiger partial charge in [-0.15, -0.1) is 0 Å². The van der Waals surface area contributed by atoms with Crippen molar-refractivity contribution < 1.29 is 33.3 Å². The first-order valence-electron chi connectivity index (χ1n) is 4.41. The summed E-state index contributed by atoms with van der Waals surface area (Å²) in [5.41, 5.74) is -0.430. The molecule has 0 heterocycles. The Balaban J connectivity index is 3.21. The van der Waals surface area contributed by atoms with Crippen LogP contribution in [0.1, 0.15) is 10.4 Å². The van der Waals surface area contributed by atoms with E-state index in [0.717, 1.165) is 18.2 Å². The van der Waals surface area contributed by atoms with E-state index in [1.54, 1.807) is 0 Å². The van der Waals surface area contributed by atoms with Gasteiger partial charge in [-0.3, -0.25) is 0 Å². The van der Waals surface area contributed by atoms with Crippen LogP contribution in [0.2, 0.25) is 0 Å². The van der Waals surface area contributed by atoms with Crippen molar-refractivity contribution in [3.63, 3.8) is 0 Å². The molecule has 0 aliphatic heterocycles. The molecule has 98 valence electrons. The average molecular weight is 292 g/mol. The zero-order valence-electron chi connectivity index (χ0n) is 8.73. The molecule has 1 unspecified atom stereocenters. The summed E-state index contributed by atoms with van der Waals surface area (Å²) in [5, 5.41) is 17.3. The van der Waals surface area contributed by atoms with Crippen LogP contribution < -0.4 is 4.74 Å². The smallest absolute Gasteiger partial charge is 0.341 e. The molecule has 1 atom stereocenters. The van der Waals surface area contributed by atoms with Crippen LogP contribution in [0.3, 0.4) is 0 Å². The third kappa shape index (κ3) is 3.65. The van der Waals surface area contributed by atoms with Crippen molar-refractivity contribution in [3.8, 4) is 5.75 Å². The fourth-order valence-corrected chi connectivity index (χ4v) is 1.92. The fraction of sp³-hybridized carbons (Fsp3) is 0.111. The van der Waals surface area contributed by atoms with Gasteiger partial charge in [0.15, 0.2) is 15.4 Å². The number of aliphatic carboxylic acids is 1. The zero-order valence-corrected chi connectivity index (χ0v) is 10.4. The molecule has 1 aromatic carbocycles. The highest BCUT2D eigenvalue weighted by molar-refractivity contribution is 8.29. The van der Waals surface area contributed by atoms with Crippen LogP contribution in [-0.4, -0.2) is 37.5 Å². The Kier molecular flexibility index (Phi) is 4.22. The molecule has 0 fully saturated rings. The van der Waals surface area contributed by atoms with Gasteiger partial charge in [0, 0.05) is 11.2 Å². The Hall–Kier alpha value is -1.71. The quantitative estimate of drug-likeness (QED) is 0.714. The van der Waals surface area contributed by atoms with E-state index in [1.807, 2.05) is 0 Å². The number of carboxylic acid groups (broad SMARTS) is 2. The van der Waals surface area contributed by atoms with E-state index in [9.17, 15) is 13.8 Å². The number of ether oxygens (including phenoxy) is 1. The fourth-order valence-electron chi connectivity index (χ4n) is 1.10. The molecule has 3 N–H and O–H groups in total. The van der Waals surface area contributed by atoms with Crippen LogP contribution >= 0.6 is 0 Å². The number of hydrogen-bond acceptors (Lipinski definition) is 5. The van der Waals surface area contributed by atoms with Crippen LogP contribution in [0.4, 0.5) is 0 Å². The van der Waals surface area contributed by atoms with Gasteiger partial charge in [0.1, 0.15) is 11.3 Å². The lowest BCUT2D eigenvalue weighted by Crippen LogP contribution is -2.12. The Bertz CT molecular complexity index is 591. The Morgan fingerprint density at radius 1 is 1.33 bits per heavy atom. The average Bonchev–Trinajstić information content (AvgIpc) is 2.24. The molecule has 9 heteroatoms. The predicted octanol–water partition coefficient (Wildman–Crippen LogP) is 0.426. The van der Waals surface area contributed by atoms with Crippen LogP contribution in [0, 0.1) is 0 Å². The van der Waals surface area contributed by atoms with Gasteiger partial charge in [0.05, 0.1) is 4.90 Å². The Morgan fingerprint density at radius 2 is 1.94 bits per heavy atom. The summed E-state index contributed by atoms with van der Waals surface area (Å²) in [6.45, 7) is -0.720. The maximum atomic E-state index is 11.2. The number of benzene rings is 1. The van der Waals surface area contributed by atoms with E-state index in [-0.39, 0.29) is 10.6 Å². The van der Waals surface area contributed by atoms with Crippen LogP contribution in [-0.2, 0) is 24.8 Å². The maximum absolute atomic E-state index is 11.2. The molecule has 0 amide bonds. The standard InChI is InChI=1S/C9H8O7S2/c10-8(11)4-16-7-2-1-5(18(14,15)17)3-6(7)9(12)13/h1-3H,4H2,(H,10,11)(H,12,13)(H,14,15,17). The predicted molar refractivity (Wildman–Crippen MR) is 62.9 cm³/mol. The number of carboxylic acids is 2. The topological polar surface area (TPSA) is 121 Å². The number of carbonyl (C=O) groups is 2. The normalized spacial score (nSPS) is 13.6. The summed E-state index contributed by atoms with van der Waals surface area (Å²) in [5.74, 6) is -2.91. The molecular formula is C9H8O7S2. The van der Waals surface area contributed by atoms with Gasteiger partial charge >= 0.3 is 11.9 Å². The minimum atomic E-state index is -3.71. The SMILES string of the molecule is O=C(O)COc1ccc(S(=O)(O)=S)cc1C(=O)O. The number of hydrogen-bond donors (Lipinski definition) is 3. The van der Waals surface area contributed by atoms with Gasteiger partial charge in [-0.05, 0) is 18.2 Å². The van der Waals surface area contributed by atoms with Gasteiger partial charge in [0.25, 0.3) is 0 Å². The minimum Gasteiger partial charge on any atom is -0.481 e. The summed E-state index contributed by atoms with van der Waals surface area (Å²) in [7, 11) is -3.71. The summed E-state index contributed by atoms with van der Waals surface area (Å²) in [6, 6.07) is 3.08. The van der Waals surface area contributed by atoms with E-state index in [1.165, 1.54) is 0 Å². The zero-order chi connectivity index (χ0) is 13.9. The number of aromatic carboxylic acids is 1. The summed E-state index contributed by atoms with van der Waals surface area (Å²) >= 11 is 4.30. The van der Waals surface area contributed by atoms with Crippen molar-refractivity contribution in [2.75, 3.05) is 6.61 Å². The molecule has 0 saturated carbocycles. The molecule has 0 spiro atoms. The first-order valence-corrected chi connectivity index (χ1v) is 6.85. The van der Waals surface area contributed by atoms with Gasteiger partial charge in [-0.25, -0.2) is 13.8 Å². The van der Waals surface area contributed by atoms with E-state index in [2.05, 4.69) is 11.2 Å². The molecule has 7 nitrogen and oxygen atoms in total. The third-order valence-corrected chi connectivity index (χ3v) is 3.26. The third-order valence-electron chi connectivity index (χ3n) is 1.83. The molecule has 0 radical (unpaired) electrons. The van der Waals surface area contributed by atoms with Crippen LogP contribution in [0.5, 0.6) is 5.75 Å². The van der Waals surface area contributed by atoms with Crippen molar-refractivity contribution in [1.29, 1.82) is 0 Å². The molecule has 1 rings (SSSR count). The number of rotatable bonds is 5. The lowest BCUT2D eigenvalue weighted by Gasteiger charge is -2.08. The van der Waals surface area contributed by atoms with Crippen molar-refractivity contribution in [2.24, 2.45) is 0 Å². The molecule has 0 aromatic heterocycles. The highest BCUT2D eigenvalue weighted by Crippen LogP contribution is 2.22. The largest absolute Gasteiger partial charge is 0.481 e. The van der Waals surface area contributed by atoms with Crippen LogP contribution in [0.15, 0.2) is 23.1 Å². The van der Waals surface area contributed by atoms with Crippen molar-refractivity contribution >= 4 is 31.9 Å². The molecule has 0 saturated heterocycles. The summed E-state index contributed by atoms with van der Waals surface area (Å²) in [6.07, 6.45) is 0. The van der Waals surface area contributed by atoms with Crippen molar-refractivity contribution in [2.45, 2.75) is 4.90 Å². The molecule has 0 aliphatic carbocycles. The first kappa shape index (κ1) is 14.4. The van der Waals surface area contributed by atoms with Gasteiger partial charge in [0.2, 0.25) is 0 Å². The lowest BCUT2D eigenvalue weighted by atomic mass is 10.2. The monoisotopic (exact) mass is 292 g/mol. The lowest BCUT2D eigenvalue weighted by molar-refractivity contribution is -0.139. The molecule has 0 aliphatic rings. The summed E-state index contributed by atoms with van der Waals surface area (Å²) < 4.78 is 25.0. The Labute approximate surface area is 107 Å². The highest BCUT2D eigenvalue weighted by atomic mass is 32.8. The molecule has 0 bridgehead atoms. The minimum absolute atomic E-state index is 0.215. The second-order valence-corrected chi connectivity index (χ2v) is 5.90. The van der Waals surface area contributed by atoms with Crippen molar-refractivity contribution in [3.05, 3.63) is 23.8 Å². The maximum Gasteiger partial charge on any atom is 0.341 e. The van der Waals surface area contributed by atoms with E-state index in [0.29, 0.717) is 0 Å². The van der Waals surface area contributed by atoms with E-state index in [4.69, 9.17) is 19.5 Å². The first-order chi connectivity index (χ1) is 8.21. The van der Waals surface area contributed by atoms with Crippen LogP contribution in [0.25, 0.3) is 0 Å². The van der Waals surface area contributed by atoms with Gasteiger partial charge < -0.3 is 19.5 Å². The summed E-state index contributed by atoms with van der Waals surface area (Å²) in [4.78, 5) is 21.0. The van der Waals surface area contributed by atoms with E-state index >= 15 is 0 Å². The van der Waals surface area contributed by atoms with Crippen molar-refractivity contribution in [1.82, 2.24) is 0 Å². The molecular weight excluding hydrogens is 284 g/mol. The second-order valence-electron chi connectivity index (χ2n) is 3.12. The molecule has 1 aromatic rings. The highest BCUT2D eigenvalue weighted by Gasteiger charge is 2.16. The van der Waals surface area contributed by atoms with Gasteiger partial charge in [-0.2, -0.15) is 0 Å². The van der Waals surface area contributed by atoms with E-state index < -0.39 is 32.9 Å². The molecule has 18 heavy (non-hydrogen) atoms. The Morgan fingerprint density at radius 3 is 2.39 bits per heavy atom. The van der Waals surface area contributed by atoms with Gasteiger partial charge in [-0.1, -0.05) is 0 Å².